The van der Waals surface area contributed by atoms with E-state index in [1.165, 1.54) is 18.1 Å². The predicted molar refractivity (Wildman–Crippen MR) is 139 cm³/mol. The van der Waals surface area contributed by atoms with Crippen LogP contribution in [0.3, 0.4) is 0 Å². The SMILES string of the molecule is O=C(CCCCC(=O)Nc1cccc([C@@H]2O[C@H](CSc3ncn[nH]3)C[C@H](c3ccc(CO)cc3)O2)c1)NO. The highest BCUT2D eigenvalue weighted by molar-refractivity contribution is 7.99. The number of H-pyrrole nitrogens is 1. The first-order chi connectivity index (χ1) is 18.5. The number of aliphatic hydroxyl groups is 1. The largest absolute Gasteiger partial charge is 0.392 e. The highest BCUT2D eigenvalue weighted by Crippen LogP contribution is 2.39. The maximum Gasteiger partial charge on any atom is 0.243 e. The lowest BCUT2D eigenvalue weighted by Gasteiger charge is -2.36. The highest BCUT2D eigenvalue weighted by atomic mass is 32.2. The molecule has 3 atom stereocenters. The summed E-state index contributed by atoms with van der Waals surface area (Å²) in [5.41, 5.74) is 4.80. The number of aliphatic hydroxyl groups excluding tert-OH is 1. The number of nitrogens with zero attached hydrogens (tertiary/aromatic N) is 2. The molecule has 3 aromatic rings. The average molecular weight is 542 g/mol. The lowest BCUT2D eigenvalue weighted by atomic mass is 10.0. The van der Waals surface area contributed by atoms with E-state index in [4.69, 9.17) is 14.7 Å². The number of hydroxylamine groups is 1. The van der Waals surface area contributed by atoms with Gasteiger partial charge in [0.1, 0.15) is 6.33 Å². The smallest absolute Gasteiger partial charge is 0.243 e. The van der Waals surface area contributed by atoms with Gasteiger partial charge in [-0.15, -0.1) is 0 Å². The van der Waals surface area contributed by atoms with Gasteiger partial charge in [0.15, 0.2) is 11.4 Å². The van der Waals surface area contributed by atoms with Gasteiger partial charge in [-0.2, -0.15) is 5.10 Å². The van der Waals surface area contributed by atoms with Crippen molar-refractivity contribution in [1.29, 1.82) is 0 Å². The fraction of sp³-hybridized carbons (Fsp3) is 0.385. The number of thioether (sulfide) groups is 1. The molecule has 2 heterocycles. The average Bonchev–Trinajstić information content (AvgIpc) is 3.48. The summed E-state index contributed by atoms with van der Waals surface area (Å²) in [4.78, 5) is 27.7. The molecular formula is C26H31N5O6S. The molecule has 1 aliphatic rings. The zero-order valence-corrected chi connectivity index (χ0v) is 21.5. The molecule has 1 aromatic heterocycles. The fourth-order valence-corrected chi connectivity index (χ4v) is 4.87. The summed E-state index contributed by atoms with van der Waals surface area (Å²) >= 11 is 1.52. The third-order valence-corrected chi connectivity index (χ3v) is 7.05. The molecule has 0 aliphatic carbocycles. The van der Waals surface area contributed by atoms with Crippen LogP contribution in [0, 0.1) is 0 Å². The Morgan fingerprint density at radius 2 is 1.84 bits per heavy atom. The van der Waals surface area contributed by atoms with Crippen molar-refractivity contribution in [2.75, 3.05) is 11.1 Å². The molecule has 5 N–H and O–H groups in total. The van der Waals surface area contributed by atoms with Crippen LogP contribution in [0.15, 0.2) is 60.0 Å². The van der Waals surface area contributed by atoms with Gasteiger partial charge in [0.25, 0.3) is 0 Å². The summed E-state index contributed by atoms with van der Waals surface area (Å²) in [6.45, 7) is -0.0233. The van der Waals surface area contributed by atoms with Crippen LogP contribution >= 0.6 is 11.8 Å². The van der Waals surface area contributed by atoms with Crippen molar-refractivity contribution in [3.63, 3.8) is 0 Å². The summed E-state index contributed by atoms with van der Waals surface area (Å²) in [5.74, 6) is 0.0105. The minimum atomic E-state index is -0.652. The van der Waals surface area contributed by atoms with Crippen LogP contribution < -0.4 is 10.8 Å². The van der Waals surface area contributed by atoms with Gasteiger partial charge in [0, 0.05) is 36.3 Å². The van der Waals surface area contributed by atoms with E-state index in [1.54, 1.807) is 11.5 Å². The first-order valence-corrected chi connectivity index (χ1v) is 13.3. The quantitative estimate of drug-likeness (QED) is 0.0999. The molecule has 0 spiro atoms. The standard InChI is InChI=1S/C26H31N5O6S/c32-14-17-8-10-18(11-9-17)22-13-21(15-38-26-27-16-28-30-26)36-25(37-22)19-4-3-5-20(12-19)29-23(33)6-1-2-7-24(34)31-35/h3-5,8-12,16,21-22,25,32,35H,1-2,6-7,13-15H2,(H,29,33)(H,31,34)(H,27,28,30)/t21-,22+,25+/m0/s1. The second-order valence-corrected chi connectivity index (χ2v) is 9.88. The third kappa shape index (κ3) is 8.10. The monoisotopic (exact) mass is 541 g/mol. The molecular weight excluding hydrogens is 510 g/mol. The molecule has 11 nitrogen and oxygen atoms in total. The third-order valence-electron chi connectivity index (χ3n) is 6.04. The molecule has 4 rings (SSSR count). The summed E-state index contributed by atoms with van der Waals surface area (Å²) in [5, 5.41) is 28.3. The first kappa shape index (κ1) is 27.7. The Kier molecular flexibility index (Phi) is 10.2. The minimum Gasteiger partial charge on any atom is -0.392 e. The van der Waals surface area contributed by atoms with Crippen LogP contribution in [0.25, 0.3) is 0 Å². The number of carbonyl (C=O) groups is 2. The number of rotatable bonds is 12. The van der Waals surface area contributed by atoms with E-state index >= 15 is 0 Å². The normalized spacial score (nSPS) is 19.2. The first-order valence-electron chi connectivity index (χ1n) is 12.4. The Balaban J connectivity index is 1.42. The van der Waals surface area contributed by atoms with Gasteiger partial charge in [-0.25, -0.2) is 10.5 Å². The van der Waals surface area contributed by atoms with Gasteiger partial charge in [0.2, 0.25) is 11.8 Å². The van der Waals surface area contributed by atoms with E-state index in [0.717, 1.165) is 16.7 Å². The van der Waals surface area contributed by atoms with Gasteiger partial charge >= 0.3 is 0 Å². The number of anilines is 1. The number of unbranched alkanes of at least 4 members (excludes halogenated alkanes) is 1. The number of amides is 2. The Morgan fingerprint density at radius 3 is 2.55 bits per heavy atom. The molecule has 0 saturated carbocycles. The van der Waals surface area contributed by atoms with Gasteiger partial charge in [-0.3, -0.25) is 19.9 Å². The number of ether oxygens (including phenoxy) is 2. The van der Waals surface area contributed by atoms with Crippen molar-refractivity contribution < 1.29 is 29.4 Å². The Labute approximate surface area is 224 Å². The zero-order valence-electron chi connectivity index (χ0n) is 20.7. The highest BCUT2D eigenvalue weighted by Gasteiger charge is 2.32. The van der Waals surface area contributed by atoms with Gasteiger partial charge in [0.05, 0.1) is 18.8 Å². The van der Waals surface area contributed by atoms with Gasteiger partial charge < -0.3 is 19.9 Å². The maximum absolute atomic E-state index is 12.4. The van der Waals surface area contributed by atoms with Gasteiger partial charge in [-0.1, -0.05) is 48.2 Å². The number of aromatic amines is 1. The van der Waals surface area contributed by atoms with Crippen molar-refractivity contribution in [1.82, 2.24) is 20.7 Å². The Morgan fingerprint density at radius 1 is 1.05 bits per heavy atom. The van der Waals surface area contributed by atoms with E-state index in [-0.39, 0.29) is 37.6 Å². The van der Waals surface area contributed by atoms with Crippen LogP contribution in [0.5, 0.6) is 0 Å². The summed E-state index contributed by atoms with van der Waals surface area (Å²) in [6.07, 6.45) is 2.53. The molecule has 1 saturated heterocycles. The van der Waals surface area contributed by atoms with E-state index in [9.17, 15) is 14.7 Å². The fourth-order valence-electron chi connectivity index (χ4n) is 4.07. The van der Waals surface area contributed by atoms with Crippen LogP contribution in [0.2, 0.25) is 0 Å². The number of aromatic nitrogens is 3. The molecule has 2 amide bonds. The lowest BCUT2D eigenvalue weighted by Crippen LogP contribution is -2.31. The van der Waals surface area contributed by atoms with Crippen molar-refractivity contribution in [3.8, 4) is 0 Å². The molecule has 0 radical (unpaired) electrons. The summed E-state index contributed by atoms with van der Waals surface area (Å²) in [6, 6.07) is 15.0. The number of hydrogen-bond donors (Lipinski definition) is 5. The van der Waals surface area contributed by atoms with Crippen LogP contribution in [-0.4, -0.2) is 49.2 Å². The molecule has 12 heteroatoms. The topological polar surface area (TPSA) is 159 Å². The van der Waals surface area contributed by atoms with Crippen molar-refractivity contribution >= 4 is 29.3 Å². The molecule has 2 aromatic carbocycles. The number of hydrogen-bond acceptors (Lipinski definition) is 9. The Hall–Kier alpha value is -3.29. The minimum absolute atomic E-state index is 0.0233. The number of nitrogens with one attached hydrogen (secondary N) is 3. The zero-order chi connectivity index (χ0) is 26.7. The molecule has 202 valence electrons. The molecule has 0 bridgehead atoms. The van der Waals surface area contributed by atoms with Crippen LogP contribution in [-0.2, 0) is 25.7 Å². The lowest BCUT2D eigenvalue weighted by molar-refractivity contribution is -0.245. The second kappa shape index (κ2) is 14.0. The van der Waals surface area contributed by atoms with E-state index in [1.807, 2.05) is 42.5 Å². The van der Waals surface area contributed by atoms with Crippen molar-refractivity contribution in [2.24, 2.45) is 0 Å². The van der Waals surface area contributed by atoms with E-state index in [2.05, 4.69) is 20.5 Å². The summed E-state index contributed by atoms with van der Waals surface area (Å²) < 4.78 is 12.7. The summed E-state index contributed by atoms with van der Waals surface area (Å²) in [7, 11) is 0. The second-order valence-electron chi connectivity index (χ2n) is 8.87. The predicted octanol–water partition coefficient (Wildman–Crippen LogP) is 3.64. The molecule has 1 fully saturated rings. The molecule has 1 aliphatic heterocycles. The van der Waals surface area contributed by atoms with Crippen molar-refractivity contribution in [3.05, 3.63) is 71.5 Å². The van der Waals surface area contributed by atoms with Crippen molar-refractivity contribution in [2.45, 2.75) is 62.4 Å². The Bertz CT molecular complexity index is 1180. The van der Waals surface area contributed by atoms with Crippen LogP contribution in [0.4, 0.5) is 5.69 Å². The van der Waals surface area contributed by atoms with Crippen LogP contribution in [0.1, 0.15) is 61.2 Å². The molecule has 38 heavy (non-hydrogen) atoms. The number of carbonyl (C=O) groups excluding carboxylic acids is 2. The van der Waals surface area contributed by atoms with E-state index in [0.29, 0.717) is 35.9 Å². The molecule has 0 unspecified atom stereocenters. The number of benzene rings is 2. The van der Waals surface area contributed by atoms with Gasteiger partial charge in [-0.05, 0) is 36.1 Å². The maximum atomic E-state index is 12.4. The van der Waals surface area contributed by atoms with E-state index < -0.39 is 12.2 Å².